The lowest BCUT2D eigenvalue weighted by molar-refractivity contribution is 0.0655. The molecule has 6 heteroatoms. The summed E-state index contributed by atoms with van der Waals surface area (Å²) in [6, 6.07) is 1.56. The first kappa shape index (κ1) is 14.8. The van der Waals surface area contributed by atoms with Gasteiger partial charge in [-0.1, -0.05) is 0 Å². The van der Waals surface area contributed by atoms with E-state index in [2.05, 4.69) is 5.32 Å². The minimum absolute atomic E-state index is 0.0462. The van der Waals surface area contributed by atoms with Crippen LogP contribution in [0.25, 0.3) is 0 Å². The number of halogens is 3. The van der Waals surface area contributed by atoms with Gasteiger partial charge in [-0.25, -0.2) is 13.2 Å². The first-order valence-corrected chi connectivity index (χ1v) is 6.70. The molecule has 1 saturated heterocycles. The van der Waals surface area contributed by atoms with Crippen molar-refractivity contribution in [2.45, 2.75) is 25.8 Å². The maximum absolute atomic E-state index is 13.2. The monoisotopic (exact) mass is 286 g/mol. The summed E-state index contributed by atoms with van der Waals surface area (Å²) in [6.07, 6.45) is 1.59. The van der Waals surface area contributed by atoms with Crippen molar-refractivity contribution in [3.05, 3.63) is 35.1 Å². The number of nitrogens with zero attached hydrogens (tertiary/aromatic N) is 1. The van der Waals surface area contributed by atoms with Gasteiger partial charge in [-0.2, -0.15) is 0 Å². The Morgan fingerprint density at radius 2 is 1.80 bits per heavy atom. The highest BCUT2D eigenvalue weighted by Crippen LogP contribution is 2.19. The molecule has 1 heterocycles. The Bertz CT molecular complexity index is 478. The number of benzene rings is 1. The third kappa shape index (κ3) is 2.95. The SMILES string of the molecule is CCN(C(=O)c1cc(F)c(F)c(F)c1)C1CCNCC1. The van der Waals surface area contributed by atoms with Gasteiger partial charge in [0.05, 0.1) is 0 Å². The van der Waals surface area contributed by atoms with Gasteiger partial charge < -0.3 is 10.2 Å². The molecule has 0 unspecified atom stereocenters. The molecule has 0 aliphatic carbocycles. The van der Waals surface area contributed by atoms with Crippen LogP contribution in [-0.2, 0) is 0 Å². The molecule has 1 fully saturated rings. The number of rotatable bonds is 3. The van der Waals surface area contributed by atoms with E-state index in [4.69, 9.17) is 0 Å². The minimum Gasteiger partial charge on any atom is -0.336 e. The average molecular weight is 286 g/mol. The average Bonchev–Trinajstić information content (AvgIpc) is 2.46. The van der Waals surface area contributed by atoms with Gasteiger partial charge in [0.15, 0.2) is 17.5 Å². The van der Waals surface area contributed by atoms with E-state index in [1.165, 1.54) is 0 Å². The van der Waals surface area contributed by atoms with E-state index in [0.717, 1.165) is 38.1 Å². The molecular formula is C14H17F3N2O. The molecule has 0 bridgehead atoms. The van der Waals surface area contributed by atoms with Crippen molar-refractivity contribution in [3.8, 4) is 0 Å². The standard InChI is InChI=1S/C14H17F3N2O/c1-2-19(10-3-5-18-6-4-10)14(20)9-7-11(15)13(17)12(16)8-9/h7-8,10,18H,2-6H2,1H3. The number of nitrogens with one attached hydrogen (secondary N) is 1. The fourth-order valence-electron chi connectivity index (χ4n) is 2.53. The van der Waals surface area contributed by atoms with Crippen LogP contribution in [0.2, 0.25) is 0 Å². The maximum atomic E-state index is 13.2. The lowest BCUT2D eigenvalue weighted by atomic mass is 10.0. The number of piperidine rings is 1. The minimum atomic E-state index is -1.55. The van der Waals surface area contributed by atoms with Crippen molar-refractivity contribution >= 4 is 5.91 Å². The van der Waals surface area contributed by atoms with Crippen LogP contribution in [0.1, 0.15) is 30.1 Å². The number of carbonyl (C=O) groups excluding carboxylic acids is 1. The highest BCUT2D eigenvalue weighted by atomic mass is 19.2. The van der Waals surface area contributed by atoms with Gasteiger partial charge in [-0.05, 0) is 45.0 Å². The van der Waals surface area contributed by atoms with Gasteiger partial charge in [0.2, 0.25) is 0 Å². The Morgan fingerprint density at radius 3 is 2.30 bits per heavy atom. The Hall–Kier alpha value is -1.56. The third-order valence-corrected chi connectivity index (χ3v) is 3.58. The summed E-state index contributed by atoms with van der Waals surface area (Å²) in [4.78, 5) is 13.9. The molecule has 1 aromatic carbocycles. The van der Waals surface area contributed by atoms with E-state index in [1.807, 2.05) is 6.92 Å². The molecule has 0 saturated carbocycles. The second-order valence-corrected chi connectivity index (χ2v) is 4.83. The molecule has 1 amide bonds. The van der Waals surface area contributed by atoms with Crippen LogP contribution >= 0.6 is 0 Å². The smallest absolute Gasteiger partial charge is 0.254 e. The van der Waals surface area contributed by atoms with E-state index in [-0.39, 0.29) is 11.6 Å². The first-order valence-electron chi connectivity index (χ1n) is 6.70. The molecule has 20 heavy (non-hydrogen) atoms. The zero-order valence-electron chi connectivity index (χ0n) is 11.3. The molecule has 1 aliphatic heterocycles. The first-order chi connectivity index (χ1) is 9.54. The van der Waals surface area contributed by atoms with Crippen LogP contribution in [-0.4, -0.2) is 36.5 Å². The Labute approximate surface area is 115 Å². The third-order valence-electron chi connectivity index (χ3n) is 3.58. The summed E-state index contributed by atoms with van der Waals surface area (Å²) in [7, 11) is 0. The van der Waals surface area contributed by atoms with E-state index in [9.17, 15) is 18.0 Å². The molecule has 0 aromatic heterocycles. The highest BCUT2D eigenvalue weighted by molar-refractivity contribution is 5.94. The second kappa shape index (κ2) is 6.26. The molecule has 2 rings (SSSR count). The van der Waals surface area contributed by atoms with Crippen LogP contribution < -0.4 is 5.32 Å². The van der Waals surface area contributed by atoms with E-state index in [1.54, 1.807) is 4.90 Å². The normalized spacial score (nSPS) is 16.2. The van der Waals surface area contributed by atoms with Crippen LogP contribution in [0.15, 0.2) is 12.1 Å². The van der Waals surface area contributed by atoms with Crippen molar-refractivity contribution in [1.82, 2.24) is 10.2 Å². The van der Waals surface area contributed by atoms with E-state index in [0.29, 0.717) is 6.54 Å². The van der Waals surface area contributed by atoms with Gasteiger partial charge in [0.25, 0.3) is 5.91 Å². The summed E-state index contributed by atoms with van der Waals surface area (Å²) in [5.74, 6) is -4.69. The lowest BCUT2D eigenvalue weighted by Gasteiger charge is -2.34. The van der Waals surface area contributed by atoms with Gasteiger partial charge in [-0.3, -0.25) is 4.79 Å². The Kier molecular flexibility index (Phi) is 4.65. The van der Waals surface area contributed by atoms with Crippen molar-refractivity contribution in [2.24, 2.45) is 0 Å². The van der Waals surface area contributed by atoms with Crippen molar-refractivity contribution in [3.63, 3.8) is 0 Å². The predicted molar refractivity (Wildman–Crippen MR) is 68.9 cm³/mol. The predicted octanol–water partition coefficient (Wildman–Crippen LogP) is 2.32. The van der Waals surface area contributed by atoms with Crippen LogP contribution in [0.4, 0.5) is 13.2 Å². The molecule has 1 aliphatic rings. The number of hydrogen-bond donors (Lipinski definition) is 1. The topological polar surface area (TPSA) is 32.3 Å². The molecular weight excluding hydrogens is 269 g/mol. The quantitative estimate of drug-likeness (QED) is 0.865. The fourth-order valence-corrected chi connectivity index (χ4v) is 2.53. The van der Waals surface area contributed by atoms with Gasteiger partial charge in [-0.15, -0.1) is 0 Å². The van der Waals surface area contributed by atoms with E-state index < -0.39 is 23.4 Å². The second-order valence-electron chi connectivity index (χ2n) is 4.83. The summed E-state index contributed by atoms with van der Waals surface area (Å²) in [6.45, 7) is 3.88. The summed E-state index contributed by atoms with van der Waals surface area (Å²) >= 11 is 0. The van der Waals surface area contributed by atoms with Gasteiger partial charge >= 0.3 is 0 Å². The van der Waals surface area contributed by atoms with Crippen LogP contribution in [0.5, 0.6) is 0 Å². The zero-order valence-corrected chi connectivity index (χ0v) is 11.3. The largest absolute Gasteiger partial charge is 0.336 e. The fraction of sp³-hybridized carbons (Fsp3) is 0.500. The van der Waals surface area contributed by atoms with Crippen molar-refractivity contribution < 1.29 is 18.0 Å². The summed E-state index contributed by atoms with van der Waals surface area (Å²) in [5, 5.41) is 3.19. The number of amides is 1. The number of hydrogen-bond acceptors (Lipinski definition) is 2. The van der Waals surface area contributed by atoms with Crippen LogP contribution in [0.3, 0.4) is 0 Å². The molecule has 0 radical (unpaired) electrons. The molecule has 0 atom stereocenters. The molecule has 3 nitrogen and oxygen atoms in total. The highest BCUT2D eigenvalue weighted by Gasteiger charge is 2.26. The molecule has 1 aromatic rings. The Morgan fingerprint density at radius 1 is 1.25 bits per heavy atom. The number of carbonyl (C=O) groups is 1. The van der Waals surface area contributed by atoms with Gasteiger partial charge in [0, 0.05) is 18.2 Å². The molecule has 0 spiro atoms. The zero-order chi connectivity index (χ0) is 14.7. The summed E-state index contributed by atoms with van der Waals surface area (Å²) < 4.78 is 39.4. The summed E-state index contributed by atoms with van der Waals surface area (Å²) in [5.41, 5.74) is -0.151. The van der Waals surface area contributed by atoms with Crippen molar-refractivity contribution in [2.75, 3.05) is 19.6 Å². The van der Waals surface area contributed by atoms with Crippen LogP contribution in [0, 0.1) is 17.5 Å². The van der Waals surface area contributed by atoms with Gasteiger partial charge in [0.1, 0.15) is 0 Å². The molecule has 1 N–H and O–H groups in total. The lowest BCUT2D eigenvalue weighted by Crippen LogP contribution is -2.46. The Balaban J connectivity index is 2.24. The van der Waals surface area contributed by atoms with Crippen molar-refractivity contribution in [1.29, 1.82) is 0 Å². The maximum Gasteiger partial charge on any atom is 0.254 e. The molecule has 110 valence electrons. The van der Waals surface area contributed by atoms with E-state index >= 15 is 0 Å².